The monoisotopic (exact) mass is 366 g/mol. The molecule has 26 heavy (non-hydrogen) atoms. The fourth-order valence-electron chi connectivity index (χ4n) is 4.08. The molecule has 0 spiro atoms. The predicted molar refractivity (Wildman–Crippen MR) is 104 cm³/mol. The van der Waals surface area contributed by atoms with Crippen LogP contribution in [0.25, 0.3) is 0 Å². The molecule has 150 valence electrons. The van der Waals surface area contributed by atoms with Crippen molar-refractivity contribution in [3.05, 3.63) is 0 Å². The Kier molecular flexibility index (Phi) is 7.36. The Bertz CT molecular complexity index is 484. The van der Waals surface area contributed by atoms with Crippen molar-refractivity contribution >= 4 is 12.0 Å². The molecule has 0 N–H and O–H groups in total. The van der Waals surface area contributed by atoms with E-state index in [1.807, 2.05) is 20.8 Å². The van der Waals surface area contributed by atoms with E-state index < -0.39 is 5.60 Å². The van der Waals surface area contributed by atoms with Gasteiger partial charge in [0, 0.05) is 32.6 Å². The van der Waals surface area contributed by atoms with Gasteiger partial charge < -0.3 is 14.5 Å². The van der Waals surface area contributed by atoms with Crippen molar-refractivity contribution in [2.24, 2.45) is 17.8 Å². The van der Waals surface area contributed by atoms with Gasteiger partial charge in [0.15, 0.2) is 0 Å². The molecule has 0 radical (unpaired) electrons. The highest BCUT2D eigenvalue weighted by Crippen LogP contribution is 2.26. The Morgan fingerprint density at radius 1 is 1.04 bits per heavy atom. The molecule has 2 saturated heterocycles. The number of nitrogens with zero attached hydrogens (tertiary/aromatic N) is 2. The molecule has 2 aliphatic heterocycles. The van der Waals surface area contributed by atoms with E-state index >= 15 is 0 Å². The zero-order valence-electron chi connectivity index (χ0n) is 17.4. The van der Waals surface area contributed by atoms with E-state index in [0.717, 1.165) is 57.8 Å². The van der Waals surface area contributed by atoms with Crippen molar-refractivity contribution in [3.63, 3.8) is 0 Å². The average molecular weight is 367 g/mol. The SMILES string of the molecule is CC(C)[C@H]1CCCN(C(=O)CC[C@H]2CCN(C(=O)OC(C)(C)C)C2)CC1. The highest BCUT2D eigenvalue weighted by Gasteiger charge is 2.30. The van der Waals surface area contributed by atoms with E-state index in [4.69, 9.17) is 4.74 Å². The Labute approximate surface area is 159 Å². The molecule has 2 rings (SSSR count). The molecular weight excluding hydrogens is 328 g/mol. The minimum absolute atomic E-state index is 0.224. The Balaban J connectivity index is 1.72. The van der Waals surface area contributed by atoms with Crippen molar-refractivity contribution in [2.75, 3.05) is 26.2 Å². The summed E-state index contributed by atoms with van der Waals surface area (Å²) in [5.41, 5.74) is -0.453. The molecule has 0 aromatic rings. The van der Waals surface area contributed by atoms with Gasteiger partial charge in [0.25, 0.3) is 0 Å². The van der Waals surface area contributed by atoms with E-state index in [0.29, 0.717) is 24.2 Å². The van der Waals surface area contributed by atoms with Gasteiger partial charge in [0.2, 0.25) is 5.91 Å². The number of carbonyl (C=O) groups is 2. The number of likely N-dealkylation sites (tertiary alicyclic amines) is 2. The molecule has 2 atom stereocenters. The van der Waals surface area contributed by atoms with Crippen LogP contribution in [0, 0.1) is 17.8 Å². The van der Waals surface area contributed by atoms with Crippen LogP contribution >= 0.6 is 0 Å². The molecule has 5 nitrogen and oxygen atoms in total. The third-order valence-electron chi connectivity index (χ3n) is 5.77. The van der Waals surface area contributed by atoms with Crippen LogP contribution in [0.2, 0.25) is 0 Å². The van der Waals surface area contributed by atoms with Gasteiger partial charge >= 0.3 is 6.09 Å². The van der Waals surface area contributed by atoms with E-state index in [-0.39, 0.29) is 6.09 Å². The first kappa shape index (κ1) is 21.0. The third kappa shape index (κ3) is 6.48. The van der Waals surface area contributed by atoms with Gasteiger partial charge in [-0.2, -0.15) is 0 Å². The van der Waals surface area contributed by atoms with Crippen molar-refractivity contribution in [3.8, 4) is 0 Å². The van der Waals surface area contributed by atoms with Gasteiger partial charge in [-0.1, -0.05) is 13.8 Å². The van der Waals surface area contributed by atoms with Crippen LogP contribution < -0.4 is 0 Å². The van der Waals surface area contributed by atoms with Crippen molar-refractivity contribution in [1.29, 1.82) is 0 Å². The van der Waals surface area contributed by atoms with Crippen LogP contribution in [0.3, 0.4) is 0 Å². The molecule has 2 amide bonds. The van der Waals surface area contributed by atoms with Gasteiger partial charge in [-0.3, -0.25) is 4.79 Å². The van der Waals surface area contributed by atoms with Crippen molar-refractivity contribution in [2.45, 2.75) is 78.7 Å². The van der Waals surface area contributed by atoms with Gasteiger partial charge in [-0.15, -0.1) is 0 Å². The topological polar surface area (TPSA) is 49.9 Å². The van der Waals surface area contributed by atoms with Crippen LogP contribution in [0.5, 0.6) is 0 Å². The fourth-order valence-corrected chi connectivity index (χ4v) is 4.08. The first-order valence-electron chi connectivity index (χ1n) is 10.4. The smallest absolute Gasteiger partial charge is 0.410 e. The van der Waals surface area contributed by atoms with Gasteiger partial charge in [0.05, 0.1) is 0 Å². The van der Waals surface area contributed by atoms with Gasteiger partial charge in [0.1, 0.15) is 5.60 Å². The molecule has 0 saturated carbocycles. The maximum atomic E-state index is 12.6. The molecular formula is C21H38N2O3. The molecule has 2 heterocycles. The molecule has 0 bridgehead atoms. The average Bonchev–Trinajstić information content (AvgIpc) is 2.86. The summed E-state index contributed by atoms with van der Waals surface area (Å²) in [4.78, 5) is 28.6. The fraction of sp³-hybridized carbons (Fsp3) is 0.905. The summed E-state index contributed by atoms with van der Waals surface area (Å²) < 4.78 is 5.45. The van der Waals surface area contributed by atoms with Crippen LogP contribution in [-0.2, 0) is 9.53 Å². The largest absolute Gasteiger partial charge is 0.444 e. The Morgan fingerprint density at radius 3 is 2.38 bits per heavy atom. The van der Waals surface area contributed by atoms with Crippen molar-refractivity contribution in [1.82, 2.24) is 9.80 Å². The number of hydrogen-bond acceptors (Lipinski definition) is 3. The summed E-state index contributed by atoms with van der Waals surface area (Å²) in [7, 11) is 0. The molecule has 5 heteroatoms. The van der Waals surface area contributed by atoms with E-state index in [1.54, 1.807) is 4.90 Å². The molecule has 2 fully saturated rings. The lowest BCUT2D eigenvalue weighted by molar-refractivity contribution is -0.131. The Hall–Kier alpha value is -1.26. The minimum Gasteiger partial charge on any atom is -0.444 e. The van der Waals surface area contributed by atoms with E-state index in [9.17, 15) is 9.59 Å². The summed E-state index contributed by atoms with van der Waals surface area (Å²) in [6.45, 7) is 13.5. The van der Waals surface area contributed by atoms with Crippen LogP contribution in [0.1, 0.15) is 73.1 Å². The standard InChI is InChI=1S/C21H38N2O3/c1-16(2)18-7-6-12-22(14-11-18)19(24)9-8-17-10-13-23(15-17)20(25)26-21(3,4)5/h16-18H,6-15H2,1-5H3/t17-,18-/m0/s1. The molecule has 0 aromatic carbocycles. The lowest BCUT2D eigenvalue weighted by atomic mass is 9.89. The predicted octanol–water partition coefficient (Wildman–Crippen LogP) is 4.31. The number of rotatable bonds is 4. The highest BCUT2D eigenvalue weighted by atomic mass is 16.6. The van der Waals surface area contributed by atoms with Gasteiger partial charge in [-0.25, -0.2) is 4.79 Å². The third-order valence-corrected chi connectivity index (χ3v) is 5.77. The normalized spacial score (nSPS) is 24.7. The molecule has 0 aliphatic carbocycles. The van der Waals surface area contributed by atoms with E-state index in [2.05, 4.69) is 18.7 Å². The van der Waals surface area contributed by atoms with Crippen LogP contribution in [-0.4, -0.2) is 53.6 Å². The summed E-state index contributed by atoms with van der Waals surface area (Å²) >= 11 is 0. The zero-order valence-corrected chi connectivity index (χ0v) is 17.4. The molecule has 0 unspecified atom stereocenters. The zero-order chi connectivity index (χ0) is 19.3. The first-order chi connectivity index (χ1) is 12.2. The van der Waals surface area contributed by atoms with Gasteiger partial charge in [-0.05, 0) is 70.6 Å². The lowest BCUT2D eigenvalue weighted by Gasteiger charge is -2.24. The summed E-state index contributed by atoms with van der Waals surface area (Å²) in [6, 6.07) is 0. The van der Waals surface area contributed by atoms with E-state index in [1.165, 1.54) is 6.42 Å². The van der Waals surface area contributed by atoms with Crippen LogP contribution in [0.15, 0.2) is 0 Å². The molecule has 2 aliphatic rings. The minimum atomic E-state index is -0.453. The number of carbonyl (C=O) groups excluding carboxylic acids is 2. The second-order valence-corrected chi connectivity index (χ2v) is 9.44. The van der Waals surface area contributed by atoms with Crippen molar-refractivity contribution < 1.29 is 14.3 Å². The maximum absolute atomic E-state index is 12.6. The highest BCUT2D eigenvalue weighted by molar-refractivity contribution is 5.76. The van der Waals surface area contributed by atoms with Crippen LogP contribution in [0.4, 0.5) is 4.79 Å². The first-order valence-corrected chi connectivity index (χ1v) is 10.4. The summed E-state index contributed by atoms with van der Waals surface area (Å²) in [6.07, 6.45) is 5.75. The summed E-state index contributed by atoms with van der Waals surface area (Å²) in [5, 5.41) is 0. The summed E-state index contributed by atoms with van der Waals surface area (Å²) in [5.74, 6) is 2.18. The maximum Gasteiger partial charge on any atom is 0.410 e. The lowest BCUT2D eigenvalue weighted by Crippen LogP contribution is -2.35. The number of ether oxygens (including phenoxy) is 1. The number of hydrogen-bond donors (Lipinski definition) is 0. The molecule has 0 aromatic heterocycles. The second-order valence-electron chi connectivity index (χ2n) is 9.44. The quantitative estimate of drug-likeness (QED) is 0.745. The Morgan fingerprint density at radius 2 is 1.73 bits per heavy atom. The number of amides is 2. The second kappa shape index (κ2) is 9.09.